The van der Waals surface area contributed by atoms with Gasteiger partial charge in [-0.15, -0.1) is 0 Å². The molecule has 2 rings (SSSR count). The molecule has 1 aromatic rings. The maximum atomic E-state index is 9.29. The summed E-state index contributed by atoms with van der Waals surface area (Å²) in [7, 11) is 0. The number of aliphatic hydroxyl groups is 2. The Morgan fingerprint density at radius 3 is 3.12 bits per heavy atom. The molecule has 2 N–H and O–H groups in total. The van der Waals surface area contributed by atoms with Crippen LogP contribution >= 0.6 is 0 Å². The van der Waals surface area contributed by atoms with E-state index >= 15 is 0 Å². The number of ether oxygens (including phenoxy) is 1. The van der Waals surface area contributed by atoms with Gasteiger partial charge in [0.05, 0.1) is 32.5 Å². The van der Waals surface area contributed by atoms with Gasteiger partial charge in [0.2, 0.25) is 0 Å². The summed E-state index contributed by atoms with van der Waals surface area (Å²) in [5.41, 5.74) is 1.71. The summed E-state index contributed by atoms with van der Waals surface area (Å²) < 4.78 is 5.32. The molecular formula is C11H16N2O3. The second-order valence-electron chi connectivity index (χ2n) is 3.77. The van der Waals surface area contributed by atoms with Gasteiger partial charge in [0.25, 0.3) is 0 Å². The Bertz CT molecular complexity index is 346. The van der Waals surface area contributed by atoms with Crippen LogP contribution in [-0.2, 0) is 11.3 Å². The molecular weight excluding hydrogens is 208 g/mol. The number of morpholine rings is 1. The zero-order chi connectivity index (χ0) is 11.4. The topological polar surface area (TPSA) is 65.8 Å². The quantitative estimate of drug-likeness (QED) is 0.742. The van der Waals surface area contributed by atoms with Crippen LogP contribution in [0.4, 0.5) is 5.69 Å². The molecule has 0 bridgehead atoms. The molecule has 1 aliphatic rings. The lowest BCUT2D eigenvalue weighted by molar-refractivity contribution is 0.0724. The first kappa shape index (κ1) is 11.3. The predicted molar refractivity (Wildman–Crippen MR) is 59.2 cm³/mol. The Kier molecular flexibility index (Phi) is 3.71. The first-order chi connectivity index (χ1) is 7.86. The molecule has 0 aliphatic carbocycles. The maximum absolute atomic E-state index is 9.29. The Hall–Kier alpha value is -1.17. The smallest absolute Gasteiger partial charge is 0.0755 e. The maximum Gasteiger partial charge on any atom is 0.0755 e. The largest absolute Gasteiger partial charge is 0.394 e. The average molecular weight is 224 g/mol. The first-order valence-corrected chi connectivity index (χ1v) is 5.35. The zero-order valence-electron chi connectivity index (χ0n) is 9.04. The molecule has 0 saturated carbocycles. The summed E-state index contributed by atoms with van der Waals surface area (Å²) >= 11 is 0. The highest BCUT2D eigenvalue weighted by Gasteiger charge is 2.24. The highest BCUT2D eigenvalue weighted by Crippen LogP contribution is 2.23. The molecule has 2 heterocycles. The second kappa shape index (κ2) is 5.25. The fourth-order valence-electron chi connectivity index (χ4n) is 1.95. The van der Waals surface area contributed by atoms with Crippen LogP contribution < -0.4 is 4.90 Å². The molecule has 16 heavy (non-hydrogen) atoms. The van der Waals surface area contributed by atoms with Crippen molar-refractivity contribution in [2.75, 3.05) is 31.3 Å². The van der Waals surface area contributed by atoms with Crippen LogP contribution in [0, 0.1) is 0 Å². The molecule has 5 heteroatoms. The summed E-state index contributed by atoms with van der Waals surface area (Å²) in [6, 6.07) is 1.82. The van der Waals surface area contributed by atoms with Crippen molar-refractivity contribution in [2.24, 2.45) is 0 Å². The van der Waals surface area contributed by atoms with Crippen LogP contribution in [0.2, 0.25) is 0 Å². The van der Waals surface area contributed by atoms with Gasteiger partial charge in [-0.3, -0.25) is 4.98 Å². The van der Waals surface area contributed by atoms with Gasteiger partial charge in [0, 0.05) is 30.2 Å². The van der Waals surface area contributed by atoms with E-state index in [1.54, 1.807) is 12.4 Å². The van der Waals surface area contributed by atoms with Crippen molar-refractivity contribution in [3.8, 4) is 0 Å². The summed E-state index contributed by atoms with van der Waals surface area (Å²) in [5.74, 6) is 0. The Balaban J connectivity index is 2.26. The number of hydrogen-bond donors (Lipinski definition) is 2. The number of nitrogens with zero attached hydrogens (tertiary/aromatic N) is 2. The molecule has 1 atom stereocenters. The lowest BCUT2D eigenvalue weighted by atomic mass is 10.1. The van der Waals surface area contributed by atoms with Crippen LogP contribution in [0.5, 0.6) is 0 Å². The molecule has 1 fully saturated rings. The van der Waals surface area contributed by atoms with Gasteiger partial charge in [-0.1, -0.05) is 0 Å². The Morgan fingerprint density at radius 2 is 2.38 bits per heavy atom. The van der Waals surface area contributed by atoms with Crippen LogP contribution in [0.1, 0.15) is 5.56 Å². The van der Waals surface area contributed by atoms with Crippen LogP contribution in [0.3, 0.4) is 0 Å². The molecule has 1 unspecified atom stereocenters. The molecule has 0 amide bonds. The molecule has 1 aromatic heterocycles. The van der Waals surface area contributed by atoms with Gasteiger partial charge in [0.1, 0.15) is 0 Å². The van der Waals surface area contributed by atoms with Gasteiger partial charge >= 0.3 is 0 Å². The van der Waals surface area contributed by atoms with Crippen molar-refractivity contribution in [1.82, 2.24) is 4.98 Å². The number of rotatable bonds is 3. The number of pyridine rings is 1. The third kappa shape index (κ3) is 2.16. The monoisotopic (exact) mass is 224 g/mol. The number of aromatic nitrogens is 1. The number of aliphatic hydroxyl groups excluding tert-OH is 2. The fraction of sp³-hybridized carbons (Fsp3) is 0.545. The molecule has 0 radical (unpaired) electrons. The van der Waals surface area contributed by atoms with Gasteiger partial charge < -0.3 is 19.8 Å². The summed E-state index contributed by atoms with van der Waals surface area (Å²) in [5, 5.41) is 18.5. The second-order valence-corrected chi connectivity index (χ2v) is 3.77. The van der Waals surface area contributed by atoms with Crippen molar-refractivity contribution in [1.29, 1.82) is 0 Å². The highest BCUT2D eigenvalue weighted by atomic mass is 16.5. The minimum Gasteiger partial charge on any atom is -0.394 e. The van der Waals surface area contributed by atoms with E-state index in [0.29, 0.717) is 13.2 Å². The van der Waals surface area contributed by atoms with E-state index in [1.807, 2.05) is 6.07 Å². The summed E-state index contributed by atoms with van der Waals surface area (Å²) in [6.07, 6.45) is 3.34. The van der Waals surface area contributed by atoms with Gasteiger partial charge in [-0.05, 0) is 6.07 Å². The van der Waals surface area contributed by atoms with Gasteiger partial charge in [-0.2, -0.15) is 0 Å². The molecule has 0 spiro atoms. The fourth-order valence-corrected chi connectivity index (χ4v) is 1.95. The molecule has 0 aromatic carbocycles. The SMILES string of the molecule is OCc1cnccc1N1CCOCC1CO. The summed E-state index contributed by atoms with van der Waals surface area (Å²) in [6.45, 7) is 1.89. The lowest BCUT2D eigenvalue weighted by Crippen LogP contribution is -2.48. The minimum absolute atomic E-state index is 0.0403. The lowest BCUT2D eigenvalue weighted by Gasteiger charge is -2.37. The summed E-state index contributed by atoms with van der Waals surface area (Å²) in [4.78, 5) is 6.05. The number of hydrogen-bond acceptors (Lipinski definition) is 5. The zero-order valence-corrected chi connectivity index (χ0v) is 9.04. The highest BCUT2D eigenvalue weighted by molar-refractivity contribution is 5.53. The Morgan fingerprint density at radius 1 is 1.50 bits per heavy atom. The van der Waals surface area contributed by atoms with Crippen molar-refractivity contribution < 1.29 is 14.9 Å². The van der Waals surface area contributed by atoms with Gasteiger partial charge in [-0.25, -0.2) is 0 Å². The molecule has 1 saturated heterocycles. The average Bonchev–Trinajstić information content (AvgIpc) is 2.38. The van der Waals surface area contributed by atoms with E-state index in [-0.39, 0.29) is 19.3 Å². The van der Waals surface area contributed by atoms with Gasteiger partial charge in [0.15, 0.2) is 0 Å². The van der Waals surface area contributed by atoms with Crippen molar-refractivity contribution in [3.63, 3.8) is 0 Å². The van der Waals surface area contributed by atoms with Crippen LogP contribution in [0.15, 0.2) is 18.5 Å². The number of anilines is 1. The molecule has 5 nitrogen and oxygen atoms in total. The minimum atomic E-state index is -0.0430. The predicted octanol–water partition coefficient (Wildman–Crippen LogP) is -0.229. The van der Waals surface area contributed by atoms with Crippen molar-refractivity contribution in [2.45, 2.75) is 12.6 Å². The Labute approximate surface area is 94.3 Å². The van der Waals surface area contributed by atoms with Crippen molar-refractivity contribution >= 4 is 5.69 Å². The molecule has 88 valence electrons. The van der Waals surface area contributed by atoms with Crippen LogP contribution in [0.25, 0.3) is 0 Å². The van der Waals surface area contributed by atoms with E-state index in [1.165, 1.54) is 0 Å². The third-order valence-corrected chi connectivity index (χ3v) is 2.80. The van der Waals surface area contributed by atoms with E-state index in [4.69, 9.17) is 4.74 Å². The first-order valence-electron chi connectivity index (χ1n) is 5.35. The standard InChI is InChI=1S/C11H16N2O3/c14-6-9-5-12-2-1-11(9)13-3-4-16-8-10(13)7-15/h1-2,5,10,14-15H,3-4,6-8H2. The van der Waals surface area contributed by atoms with E-state index in [0.717, 1.165) is 17.8 Å². The van der Waals surface area contributed by atoms with Crippen molar-refractivity contribution in [3.05, 3.63) is 24.0 Å². The third-order valence-electron chi connectivity index (χ3n) is 2.80. The van der Waals surface area contributed by atoms with E-state index in [2.05, 4.69) is 9.88 Å². The molecule has 1 aliphatic heterocycles. The van der Waals surface area contributed by atoms with Crippen LogP contribution in [-0.4, -0.2) is 47.6 Å². The van der Waals surface area contributed by atoms with E-state index in [9.17, 15) is 10.2 Å². The van der Waals surface area contributed by atoms with E-state index < -0.39 is 0 Å². The normalized spacial score (nSPS) is 21.1.